The molecule has 3 fully saturated rings. The number of nitrogens with zero attached hydrogens (tertiary/aromatic N) is 1. The largest absolute Gasteiger partial charge is 0.392 e. The fourth-order valence-electron chi connectivity index (χ4n) is 6.13. The fourth-order valence-corrected chi connectivity index (χ4v) is 6.13. The number of hydrogen-bond donors (Lipinski definition) is 3. The molecule has 0 aromatic carbocycles. The van der Waals surface area contributed by atoms with Gasteiger partial charge in [-0.2, -0.15) is 0 Å². The molecule has 7 atom stereocenters. The molecule has 3 aliphatic rings. The lowest BCUT2D eigenvalue weighted by Gasteiger charge is -2.56. The van der Waals surface area contributed by atoms with Gasteiger partial charge in [-0.1, -0.05) is 20.8 Å². The smallest absolute Gasteiger partial charge is 0.315 e. The summed E-state index contributed by atoms with van der Waals surface area (Å²) in [5.74, 6) is 0.161. The van der Waals surface area contributed by atoms with E-state index < -0.39 is 6.10 Å². The normalized spacial score (nSPS) is 38.7. The number of carbonyl (C=O) groups excluding carboxylic acids is 2. The van der Waals surface area contributed by atoms with Gasteiger partial charge in [-0.3, -0.25) is 4.79 Å². The molecule has 7 heteroatoms. The van der Waals surface area contributed by atoms with Gasteiger partial charge in [0.05, 0.1) is 19.3 Å². The number of aliphatic hydroxyl groups is 1. The van der Waals surface area contributed by atoms with Gasteiger partial charge in [0, 0.05) is 31.6 Å². The van der Waals surface area contributed by atoms with Gasteiger partial charge in [0.15, 0.2) is 0 Å². The van der Waals surface area contributed by atoms with Crippen molar-refractivity contribution in [3.05, 3.63) is 0 Å². The monoisotopic (exact) mass is 409 g/mol. The summed E-state index contributed by atoms with van der Waals surface area (Å²) in [5.41, 5.74) is 0.0660. The van der Waals surface area contributed by atoms with Gasteiger partial charge in [-0.05, 0) is 55.8 Å². The van der Waals surface area contributed by atoms with Crippen molar-refractivity contribution in [1.29, 1.82) is 0 Å². The number of urea groups is 1. The molecule has 3 N–H and O–H groups in total. The van der Waals surface area contributed by atoms with Gasteiger partial charge in [0.25, 0.3) is 0 Å². The quantitative estimate of drug-likeness (QED) is 0.662. The molecule has 0 aromatic heterocycles. The van der Waals surface area contributed by atoms with Crippen LogP contribution in [0.5, 0.6) is 0 Å². The molecule has 7 nitrogen and oxygen atoms in total. The second-order valence-corrected chi connectivity index (χ2v) is 9.61. The molecule has 7 unspecified atom stereocenters. The molecule has 0 aromatic rings. The summed E-state index contributed by atoms with van der Waals surface area (Å²) < 4.78 is 5.37. The van der Waals surface area contributed by atoms with Crippen molar-refractivity contribution in [3.8, 4) is 0 Å². The van der Waals surface area contributed by atoms with Crippen LogP contribution in [0.15, 0.2) is 0 Å². The molecule has 3 rings (SSSR count). The number of hydrogen-bond acceptors (Lipinski definition) is 4. The summed E-state index contributed by atoms with van der Waals surface area (Å²) >= 11 is 0. The van der Waals surface area contributed by atoms with E-state index in [4.69, 9.17) is 4.74 Å². The van der Waals surface area contributed by atoms with E-state index >= 15 is 0 Å². The zero-order valence-electron chi connectivity index (χ0n) is 18.4. The van der Waals surface area contributed by atoms with Crippen LogP contribution in [0.3, 0.4) is 0 Å². The highest BCUT2D eigenvalue weighted by molar-refractivity contribution is 5.79. The van der Waals surface area contributed by atoms with Crippen LogP contribution in [0.2, 0.25) is 0 Å². The molecule has 29 heavy (non-hydrogen) atoms. The Morgan fingerprint density at radius 1 is 1.24 bits per heavy atom. The number of nitrogens with one attached hydrogen (secondary N) is 2. The van der Waals surface area contributed by atoms with Crippen molar-refractivity contribution < 1.29 is 19.4 Å². The van der Waals surface area contributed by atoms with E-state index in [0.717, 1.165) is 25.7 Å². The van der Waals surface area contributed by atoms with Crippen molar-refractivity contribution in [1.82, 2.24) is 15.5 Å². The molecule has 3 amide bonds. The maximum atomic E-state index is 13.0. The fraction of sp³-hybridized carbons (Fsp3) is 0.909. The predicted molar refractivity (Wildman–Crippen MR) is 111 cm³/mol. The van der Waals surface area contributed by atoms with Gasteiger partial charge in [0.2, 0.25) is 5.91 Å². The Morgan fingerprint density at radius 2 is 1.90 bits per heavy atom. The number of fused-ring (bicyclic) bond motifs is 1. The van der Waals surface area contributed by atoms with E-state index in [9.17, 15) is 14.7 Å². The van der Waals surface area contributed by atoms with Gasteiger partial charge in [0.1, 0.15) is 0 Å². The average Bonchev–Trinajstić information content (AvgIpc) is 2.70. The molecule has 0 radical (unpaired) electrons. The first-order valence-electron chi connectivity index (χ1n) is 11.4. The van der Waals surface area contributed by atoms with E-state index in [1.165, 1.54) is 0 Å². The number of aliphatic hydroxyl groups excluding tert-OH is 1. The van der Waals surface area contributed by atoms with Crippen LogP contribution in [0.4, 0.5) is 4.79 Å². The Balaban J connectivity index is 1.71. The molecule has 0 spiro atoms. The predicted octanol–water partition coefficient (Wildman–Crippen LogP) is 1.99. The highest BCUT2D eigenvalue weighted by atomic mass is 16.5. The molecule has 2 aliphatic carbocycles. The molecule has 0 bridgehead atoms. The minimum Gasteiger partial charge on any atom is -0.392 e. The van der Waals surface area contributed by atoms with Crippen molar-refractivity contribution in [2.45, 2.75) is 65.5 Å². The van der Waals surface area contributed by atoms with E-state index in [-0.39, 0.29) is 47.1 Å². The van der Waals surface area contributed by atoms with Crippen LogP contribution in [-0.2, 0) is 9.53 Å². The number of morpholine rings is 1. The summed E-state index contributed by atoms with van der Waals surface area (Å²) in [6.45, 7) is 11.4. The summed E-state index contributed by atoms with van der Waals surface area (Å²) in [6.07, 6.45) is 3.31. The average molecular weight is 410 g/mol. The van der Waals surface area contributed by atoms with Gasteiger partial charge in [-0.25, -0.2) is 4.79 Å². The van der Waals surface area contributed by atoms with Crippen LogP contribution in [0.25, 0.3) is 0 Å². The summed E-state index contributed by atoms with van der Waals surface area (Å²) in [5, 5.41) is 17.4. The third kappa shape index (κ3) is 4.55. The lowest BCUT2D eigenvalue weighted by Crippen LogP contribution is -2.59. The first kappa shape index (κ1) is 22.3. The van der Waals surface area contributed by atoms with E-state index in [2.05, 4.69) is 24.5 Å². The Labute approximate surface area is 174 Å². The third-order valence-electron chi connectivity index (χ3n) is 7.90. The maximum Gasteiger partial charge on any atom is 0.315 e. The lowest BCUT2D eigenvalue weighted by atomic mass is 9.51. The van der Waals surface area contributed by atoms with Gasteiger partial charge in [-0.15, -0.1) is 0 Å². The topological polar surface area (TPSA) is 90.9 Å². The van der Waals surface area contributed by atoms with Gasteiger partial charge < -0.3 is 25.4 Å². The Kier molecular flexibility index (Phi) is 7.10. The highest BCUT2D eigenvalue weighted by Crippen LogP contribution is 2.55. The van der Waals surface area contributed by atoms with Crippen LogP contribution in [-0.4, -0.2) is 66.9 Å². The Morgan fingerprint density at radius 3 is 2.55 bits per heavy atom. The number of amides is 3. The van der Waals surface area contributed by atoms with Gasteiger partial charge >= 0.3 is 6.03 Å². The van der Waals surface area contributed by atoms with Crippen molar-refractivity contribution in [3.63, 3.8) is 0 Å². The minimum atomic E-state index is -0.525. The summed E-state index contributed by atoms with van der Waals surface area (Å²) in [4.78, 5) is 27.0. The second kappa shape index (κ2) is 9.21. The standard InChI is InChI=1S/C22H39N3O4/c1-5-23-21(28)24-17-7-9-22(4)8-6-16(19(26)18(22)15(17)3)14(2)20(27)25-10-12-29-13-11-25/h14-19,26H,5-13H2,1-4H3,(H2,23,24,28). The van der Waals surface area contributed by atoms with E-state index in [1.54, 1.807) is 0 Å². The molecule has 1 heterocycles. The molecular weight excluding hydrogens is 370 g/mol. The zero-order valence-corrected chi connectivity index (χ0v) is 18.4. The minimum absolute atomic E-state index is 0.0333. The molecule has 1 aliphatic heterocycles. The van der Waals surface area contributed by atoms with E-state index in [0.29, 0.717) is 32.8 Å². The number of ether oxygens (including phenoxy) is 1. The third-order valence-corrected chi connectivity index (χ3v) is 7.90. The lowest BCUT2D eigenvalue weighted by molar-refractivity contribution is -0.153. The zero-order chi connectivity index (χ0) is 21.2. The summed E-state index contributed by atoms with van der Waals surface area (Å²) in [6, 6.07) is -0.0797. The van der Waals surface area contributed by atoms with E-state index in [1.807, 2.05) is 18.7 Å². The van der Waals surface area contributed by atoms with Crippen molar-refractivity contribution in [2.75, 3.05) is 32.8 Å². The Hall–Kier alpha value is -1.34. The van der Waals surface area contributed by atoms with Crippen LogP contribution < -0.4 is 10.6 Å². The van der Waals surface area contributed by atoms with Crippen LogP contribution in [0.1, 0.15) is 53.4 Å². The van der Waals surface area contributed by atoms with Crippen LogP contribution >= 0.6 is 0 Å². The summed E-state index contributed by atoms with van der Waals surface area (Å²) in [7, 11) is 0. The first-order chi connectivity index (χ1) is 13.8. The van der Waals surface area contributed by atoms with Crippen molar-refractivity contribution >= 4 is 11.9 Å². The number of carbonyl (C=O) groups is 2. The highest BCUT2D eigenvalue weighted by Gasteiger charge is 2.54. The second-order valence-electron chi connectivity index (χ2n) is 9.61. The maximum absolute atomic E-state index is 13.0. The molecule has 1 saturated heterocycles. The molecule has 166 valence electrons. The SMILES string of the molecule is CCNC(=O)NC1CCC2(C)CCC(C(C)C(=O)N3CCOCC3)C(O)C2C1C. The molecular formula is C22H39N3O4. The van der Waals surface area contributed by atoms with Crippen LogP contribution in [0, 0.1) is 29.1 Å². The first-order valence-corrected chi connectivity index (χ1v) is 11.4. The Bertz CT molecular complexity index is 595. The molecule has 2 saturated carbocycles. The number of rotatable bonds is 4. The van der Waals surface area contributed by atoms with Crippen molar-refractivity contribution in [2.24, 2.45) is 29.1 Å².